The van der Waals surface area contributed by atoms with E-state index in [4.69, 9.17) is 0 Å². The minimum absolute atomic E-state index is 0.600. The Kier molecular flexibility index (Phi) is 6.00. The number of benzene rings is 2. The van der Waals surface area contributed by atoms with E-state index in [0.29, 0.717) is 0 Å². The largest absolute Gasteiger partial charge is 0.416 e. The Bertz CT molecular complexity index is 1010. The van der Waals surface area contributed by atoms with Crippen molar-refractivity contribution < 1.29 is 13.2 Å². The number of hydrogen-bond donors (Lipinski definition) is 0. The minimum Gasteiger partial charge on any atom is -0.299 e. The van der Waals surface area contributed by atoms with Crippen LogP contribution in [0.2, 0.25) is 0 Å². The van der Waals surface area contributed by atoms with Crippen LogP contribution in [0, 0.1) is 0 Å². The summed E-state index contributed by atoms with van der Waals surface area (Å²) in [6, 6.07) is 19.9. The van der Waals surface area contributed by atoms with Gasteiger partial charge in [0.25, 0.3) is 0 Å². The van der Waals surface area contributed by atoms with Crippen LogP contribution in [0.5, 0.6) is 0 Å². The molecule has 30 heavy (non-hydrogen) atoms. The predicted octanol–water partition coefficient (Wildman–Crippen LogP) is 6.10. The molecule has 0 saturated carbocycles. The van der Waals surface area contributed by atoms with Crippen molar-refractivity contribution in [3.05, 3.63) is 95.7 Å². The summed E-state index contributed by atoms with van der Waals surface area (Å²) >= 11 is 0. The molecular weight excluding hydrogens is 385 g/mol. The molecule has 0 atom stereocenters. The highest BCUT2D eigenvalue weighted by Gasteiger charge is 2.30. The molecule has 1 aliphatic rings. The summed E-state index contributed by atoms with van der Waals surface area (Å²) in [5, 5.41) is 0. The fraction of sp³-hybridized carbons (Fsp3) is 0.240. The van der Waals surface area contributed by atoms with Gasteiger partial charge in [0, 0.05) is 31.4 Å². The van der Waals surface area contributed by atoms with E-state index in [-0.39, 0.29) is 0 Å². The van der Waals surface area contributed by atoms with Crippen molar-refractivity contribution in [3.8, 4) is 11.3 Å². The van der Waals surface area contributed by atoms with Gasteiger partial charge in [-0.2, -0.15) is 13.2 Å². The Morgan fingerprint density at radius 1 is 0.900 bits per heavy atom. The van der Waals surface area contributed by atoms with Crippen molar-refractivity contribution in [3.63, 3.8) is 0 Å². The maximum atomic E-state index is 12.7. The summed E-state index contributed by atoms with van der Waals surface area (Å²) in [7, 11) is 0. The van der Waals surface area contributed by atoms with E-state index < -0.39 is 11.7 Å². The average Bonchev–Trinajstić information content (AvgIpc) is 2.78. The van der Waals surface area contributed by atoms with E-state index in [9.17, 15) is 13.2 Å². The molecule has 0 aliphatic carbocycles. The predicted molar refractivity (Wildman–Crippen MR) is 114 cm³/mol. The molecule has 4 rings (SSSR count). The van der Waals surface area contributed by atoms with Crippen molar-refractivity contribution >= 4 is 5.57 Å². The molecule has 0 radical (unpaired) electrons. The maximum Gasteiger partial charge on any atom is 0.416 e. The monoisotopic (exact) mass is 408 g/mol. The van der Waals surface area contributed by atoms with Crippen LogP contribution in [-0.4, -0.2) is 29.5 Å². The van der Waals surface area contributed by atoms with Gasteiger partial charge in [-0.3, -0.25) is 9.88 Å². The second-order valence-electron chi connectivity index (χ2n) is 7.52. The second-order valence-corrected chi connectivity index (χ2v) is 7.52. The molecule has 154 valence electrons. The van der Waals surface area contributed by atoms with Gasteiger partial charge < -0.3 is 0 Å². The van der Waals surface area contributed by atoms with Gasteiger partial charge in [0.15, 0.2) is 0 Å². The van der Waals surface area contributed by atoms with Crippen LogP contribution in [0.3, 0.4) is 0 Å². The Morgan fingerprint density at radius 3 is 2.40 bits per heavy atom. The van der Waals surface area contributed by atoms with Gasteiger partial charge in [0.05, 0.1) is 11.3 Å². The summed E-state index contributed by atoms with van der Waals surface area (Å²) < 4.78 is 38.2. The molecule has 1 aliphatic heterocycles. The fourth-order valence-electron chi connectivity index (χ4n) is 3.76. The lowest BCUT2D eigenvalue weighted by Gasteiger charge is -2.26. The van der Waals surface area contributed by atoms with Gasteiger partial charge in [-0.15, -0.1) is 0 Å². The zero-order valence-corrected chi connectivity index (χ0v) is 16.6. The minimum atomic E-state index is -4.29. The van der Waals surface area contributed by atoms with Crippen LogP contribution < -0.4 is 0 Å². The Hall–Kier alpha value is -2.92. The highest BCUT2D eigenvalue weighted by atomic mass is 19.4. The van der Waals surface area contributed by atoms with Crippen LogP contribution in [-0.2, 0) is 12.6 Å². The molecule has 1 aromatic heterocycles. The molecule has 0 bridgehead atoms. The summed E-state index contributed by atoms with van der Waals surface area (Å²) in [5.41, 5.74) is 4.77. The van der Waals surface area contributed by atoms with Crippen molar-refractivity contribution in [1.82, 2.24) is 9.88 Å². The third kappa shape index (κ3) is 4.97. The number of aromatic nitrogens is 1. The first kappa shape index (κ1) is 20.4. The molecule has 0 amide bonds. The third-order valence-corrected chi connectivity index (χ3v) is 5.48. The Balaban J connectivity index is 1.34. The lowest BCUT2D eigenvalue weighted by Crippen LogP contribution is -2.30. The third-order valence-electron chi connectivity index (χ3n) is 5.48. The van der Waals surface area contributed by atoms with Crippen LogP contribution in [0.15, 0.2) is 79.0 Å². The van der Waals surface area contributed by atoms with Crippen molar-refractivity contribution in [2.45, 2.75) is 19.0 Å². The molecule has 3 aromatic rings. The summed E-state index contributed by atoms with van der Waals surface area (Å²) in [6.07, 6.45) is 1.44. The van der Waals surface area contributed by atoms with Crippen molar-refractivity contribution in [2.75, 3.05) is 19.6 Å². The average molecular weight is 408 g/mol. The van der Waals surface area contributed by atoms with E-state index in [2.05, 4.69) is 40.2 Å². The number of halogens is 3. The number of hydrogen-bond acceptors (Lipinski definition) is 2. The molecule has 2 aromatic carbocycles. The highest BCUT2D eigenvalue weighted by molar-refractivity contribution is 5.67. The molecule has 0 spiro atoms. The topological polar surface area (TPSA) is 16.1 Å². The normalized spacial score (nSPS) is 15.1. The SMILES string of the molecule is FC(F)(F)c1ccc(C2=CCN(CCc3cccc(-c4ccccn4)c3)CC2)cc1. The van der Waals surface area contributed by atoms with E-state index >= 15 is 0 Å². The molecule has 0 unspecified atom stereocenters. The molecule has 2 heterocycles. The molecule has 0 N–H and O–H groups in total. The quantitative estimate of drug-likeness (QED) is 0.507. The fourth-order valence-corrected chi connectivity index (χ4v) is 3.76. The zero-order chi connectivity index (χ0) is 21.0. The number of rotatable bonds is 5. The lowest BCUT2D eigenvalue weighted by molar-refractivity contribution is -0.137. The first-order valence-electron chi connectivity index (χ1n) is 10.1. The lowest BCUT2D eigenvalue weighted by atomic mass is 9.98. The first-order chi connectivity index (χ1) is 14.5. The molecule has 0 saturated heterocycles. The van der Waals surface area contributed by atoms with E-state index in [1.165, 1.54) is 5.56 Å². The van der Waals surface area contributed by atoms with Crippen LogP contribution in [0.1, 0.15) is 23.1 Å². The van der Waals surface area contributed by atoms with Crippen LogP contribution >= 0.6 is 0 Å². The van der Waals surface area contributed by atoms with Gasteiger partial charge in [-0.05, 0) is 59.9 Å². The van der Waals surface area contributed by atoms with Crippen LogP contribution in [0.4, 0.5) is 13.2 Å². The number of pyridine rings is 1. The smallest absolute Gasteiger partial charge is 0.299 e. The van der Waals surface area contributed by atoms with Gasteiger partial charge in [-0.1, -0.05) is 42.5 Å². The number of nitrogens with zero attached hydrogens (tertiary/aromatic N) is 2. The molecular formula is C25H23F3N2. The summed E-state index contributed by atoms with van der Waals surface area (Å²) in [6.45, 7) is 2.67. The summed E-state index contributed by atoms with van der Waals surface area (Å²) in [4.78, 5) is 6.79. The van der Waals surface area contributed by atoms with Gasteiger partial charge in [0.1, 0.15) is 0 Å². The standard InChI is InChI=1S/C25H23F3N2/c26-25(27,28)23-9-7-20(8-10-23)21-12-16-30(17-13-21)15-11-19-4-3-5-22(18-19)24-6-1-2-14-29-24/h1-10,12,14,18H,11,13,15-17H2. The van der Waals surface area contributed by atoms with Crippen molar-refractivity contribution in [1.29, 1.82) is 0 Å². The van der Waals surface area contributed by atoms with Crippen molar-refractivity contribution in [2.24, 2.45) is 0 Å². The molecule has 0 fully saturated rings. The van der Waals surface area contributed by atoms with E-state index in [0.717, 1.165) is 67.0 Å². The molecule has 2 nitrogen and oxygen atoms in total. The second kappa shape index (κ2) is 8.84. The van der Waals surface area contributed by atoms with E-state index in [1.807, 2.05) is 18.2 Å². The Morgan fingerprint density at radius 2 is 1.73 bits per heavy atom. The highest BCUT2D eigenvalue weighted by Crippen LogP contribution is 2.31. The maximum absolute atomic E-state index is 12.7. The van der Waals surface area contributed by atoms with Gasteiger partial charge in [0.2, 0.25) is 0 Å². The summed E-state index contributed by atoms with van der Waals surface area (Å²) in [5.74, 6) is 0. The number of alkyl halides is 3. The first-order valence-corrected chi connectivity index (χ1v) is 10.1. The van der Waals surface area contributed by atoms with Crippen LogP contribution in [0.25, 0.3) is 16.8 Å². The van der Waals surface area contributed by atoms with Gasteiger partial charge >= 0.3 is 6.18 Å². The molecule has 5 heteroatoms. The Labute approximate surface area is 174 Å². The van der Waals surface area contributed by atoms with E-state index in [1.54, 1.807) is 18.3 Å². The zero-order valence-electron chi connectivity index (χ0n) is 16.6. The van der Waals surface area contributed by atoms with Gasteiger partial charge in [-0.25, -0.2) is 0 Å².